The highest BCUT2D eigenvalue weighted by Crippen LogP contribution is 2.37. The first-order valence-corrected chi connectivity index (χ1v) is 15.1. The molecule has 0 aliphatic carbocycles. The van der Waals surface area contributed by atoms with Gasteiger partial charge in [0, 0.05) is 27.6 Å². The van der Waals surface area contributed by atoms with E-state index < -0.39 is 9.85 Å². The number of hydrogen-bond acceptors (Lipinski definition) is 12. The summed E-state index contributed by atoms with van der Waals surface area (Å²) in [5.41, 5.74) is 14.3. The molecule has 0 spiro atoms. The number of hydrogen-bond donors (Lipinski definition) is 2. The van der Waals surface area contributed by atoms with Gasteiger partial charge in [0.15, 0.2) is 0 Å². The third-order valence-corrected chi connectivity index (χ3v) is 7.81. The summed E-state index contributed by atoms with van der Waals surface area (Å²) < 4.78 is 22.7. The van der Waals surface area contributed by atoms with E-state index in [1.807, 2.05) is 55.4 Å². The lowest BCUT2D eigenvalue weighted by Crippen LogP contribution is -2.41. The van der Waals surface area contributed by atoms with Crippen LogP contribution in [0.4, 0.5) is 22.7 Å². The van der Waals surface area contributed by atoms with E-state index in [2.05, 4.69) is 26.2 Å². The first kappa shape index (κ1) is 37.9. The maximum atomic E-state index is 10.8. The lowest BCUT2D eigenvalue weighted by molar-refractivity contribution is -0.384. The van der Waals surface area contributed by atoms with Crippen LogP contribution in [0.5, 0.6) is 0 Å². The molecule has 2 aromatic carbocycles. The molecule has 4 aromatic rings. The predicted octanol–water partition coefficient (Wildman–Crippen LogP) is 7.01. The van der Waals surface area contributed by atoms with E-state index >= 15 is 0 Å². The van der Waals surface area contributed by atoms with Gasteiger partial charge in [0.25, 0.3) is 11.4 Å². The van der Waals surface area contributed by atoms with Gasteiger partial charge in [-0.2, -0.15) is 0 Å². The Morgan fingerprint density at radius 1 is 0.761 bits per heavy atom. The van der Waals surface area contributed by atoms with Crippen LogP contribution in [0.15, 0.2) is 49.9 Å². The number of nitrogens with two attached hydrogens (primary N) is 2. The lowest BCUT2D eigenvalue weighted by Gasteiger charge is -2.32. The van der Waals surface area contributed by atoms with Crippen LogP contribution >= 0.6 is 15.9 Å². The van der Waals surface area contributed by atoms with Crippen molar-refractivity contribution in [3.63, 3.8) is 0 Å². The van der Waals surface area contributed by atoms with Crippen molar-refractivity contribution < 1.29 is 28.2 Å². The zero-order valence-electron chi connectivity index (χ0n) is 27.6. The fraction of sp³-hybridized carbons (Fsp3) is 0.400. The van der Waals surface area contributed by atoms with Gasteiger partial charge < -0.3 is 29.8 Å². The van der Waals surface area contributed by atoms with E-state index in [9.17, 15) is 20.2 Å². The quantitative estimate of drug-likeness (QED) is 0.0952. The van der Waals surface area contributed by atoms with E-state index in [4.69, 9.17) is 29.8 Å². The molecule has 0 saturated carbocycles. The highest BCUT2D eigenvalue weighted by atomic mass is 79.9. The van der Waals surface area contributed by atoms with Crippen LogP contribution in [0.25, 0.3) is 11.1 Å². The minimum atomic E-state index is -0.514. The zero-order chi connectivity index (χ0) is 35.1. The number of aromatic nitrogens is 2. The highest BCUT2D eigenvalue weighted by molar-refractivity contribution is 9.10. The van der Waals surface area contributed by atoms with Crippen molar-refractivity contribution >= 4 is 51.3 Å². The summed E-state index contributed by atoms with van der Waals surface area (Å²) in [5, 5.41) is 28.8. The summed E-state index contributed by atoms with van der Waals surface area (Å²) in [6.45, 7) is 19.5. The van der Waals surface area contributed by atoms with Crippen LogP contribution in [0.2, 0.25) is 0 Å². The normalized spacial score (nSPS) is 14.2. The van der Waals surface area contributed by atoms with Gasteiger partial charge in [-0.1, -0.05) is 46.2 Å². The maximum Gasteiger partial charge on any atom is 0.500 e. The Labute approximate surface area is 276 Å². The first-order valence-electron chi connectivity index (χ1n) is 14.3. The average molecular weight is 703 g/mol. The summed E-state index contributed by atoms with van der Waals surface area (Å²) in [6, 6.07) is 9.18. The van der Waals surface area contributed by atoms with Crippen molar-refractivity contribution in [1.29, 1.82) is 0 Å². The van der Waals surface area contributed by atoms with Gasteiger partial charge in [-0.15, -0.1) is 0 Å². The monoisotopic (exact) mass is 702 g/mol. The smallest absolute Gasteiger partial charge is 0.399 e. The molecule has 248 valence electrons. The zero-order valence-corrected chi connectivity index (χ0v) is 29.2. The molecule has 1 saturated heterocycles. The number of nitrogen functional groups attached to an aromatic ring is 2. The minimum Gasteiger partial charge on any atom is -0.399 e. The predicted molar refractivity (Wildman–Crippen MR) is 181 cm³/mol. The molecule has 1 fully saturated rings. The van der Waals surface area contributed by atoms with Gasteiger partial charge in [0.1, 0.15) is 22.9 Å². The molecular weight excluding hydrogens is 663 g/mol. The van der Waals surface area contributed by atoms with Crippen molar-refractivity contribution in [1.82, 2.24) is 10.3 Å². The molecule has 3 heterocycles. The molecule has 1 aliphatic rings. The Bertz CT molecular complexity index is 1630. The summed E-state index contributed by atoms with van der Waals surface area (Å²) in [5.74, 6) is 1.39. The maximum absolute atomic E-state index is 10.8. The Morgan fingerprint density at radius 2 is 1.22 bits per heavy atom. The van der Waals surface area contributed by atoms with E-state index in [-0.39, 0.29) is 41.1 Å². The SMILES string of the molecule is CC.Cc1noc(C)c1-c1ccc(N)c([N+](=O)[O-])c1.Cc1noc(C)c1B1OC(C)(C)C(C)(C)O1.Nc1ccc(Br)cc1[N+](=O)[O-]. The second kappa shape index (κ2) is 15.3. The Hall–Kier alpha value is -4.28. The third kappa shape index (κ3) is 8.71. The average Bonchev–Trinajstić information content (AvgIpc) is 3.57. The molecule has 16 heteroatoms. The fourth-order valence-electron chi connectivity index (χ4n) is 4.21. The molecule has 1 aliphatic heterocycles. The van der Waals surface area contributed by atoms with Crippen molar-refractivity contribution in [2.24, 2.45) is 0 Å². The van der Waals surface area contributed by atoms with Crippen molar-refractivity contribution in [3.8, 4) is 11.1 Å². The van der Waals surface area contributed by atoms with Crippen LogP contribution in [0.3, 0.4) is 0 Å². The van der Waals surface area contributed by atoms with Crippen LogP contribution in [-0.2, 0) is 9.31 Å². The van der Waals surface area contributed by atoms with E-state index in [1.165, 1.54) is 24.3 Å². The standard InChI is InChI=1S/C11H18BNO3.C11H11N3O3.C6H5BrN2O2.C2H6/c1-7-9(8(2)14-13-7)12-15-10(3,4)11(5,6)16-12;1-6-11(7(2)17-13-6)8-3-4-9(12)10(5-8)14(15)16;7-4-1-2-5(8)6(3-4)9(10)11;1-2/h1-6H3;3-5H,12H2,1-2H3;1-3H,8H2;1-2H3. The van der Waals surface area contributed by atoms with Gasteiger partial charge in [0.05, 0.1) is 32.4 Å². The van der Waals surface area contributed by atoms with Gasteiger partial charge in [-0.05, 0) is 79.2 Å². The van der Waals surface area contributed by atoms with Gasteiger partial charge in [-0.3, -0.25) is 20.2 Å². The Morgan fingerprint density at radius 3 is 1.63 bits per heavy atom. The third-order valence-electron chi connectivity index (χ3n) is 7.32. The van der Waals surface area contributed by atoms with E-state index in [0.29, 0.717) is 21.5 Å². The molecule has 2 aromatic heterocycles. The van der Waals surface area contributed by atoms with Crippen LogP contribution < -0.4 is 16.9 Å². The number of nitro groups is 2. The van der Waals surface area contributed by atoms with Crippen molar-refractivity contribution in [2.45, 2.75) is 80.4 Å². The minimum absolute atomic E-state index is 0.0700. The molecular formula is C30H40BBrN6O8. The van der Waals surface area contributed by atoms with E-state index in [1.54, 1.807) is 26.0 Å². The van der Waals surface area contributed by atoms with Crippen LogP contribution in [0, 0.1) is 47.9 Å². The summed E-state index contributed by atoms with van der Waals surface area (Å²) >= 11 is 3.10. The number of rotatable bonds is 4. The van der Waals surface area contributed by atoms with Crippen molar-refractivity contribution in [2.75, 3.05) is 11.5 Å². The fourth-order valence-corrected chi connectivity index (χ4v) is 4.56. The van der Waals surface area contributed by atoms with Gasteiger partial charge in [-0.25, -0.2) is 0 Å². The number of nitro benzene ring substituents is 2. The Kier molecular flexibility index (Phi) is 12.6. The number of nitrogens with zero attached hydrogens (tertiary/aromatic N) is 4. The highest BCUT2D eigenvalue weighted by Gasteiger charge is 2.53. The lowest BCUT2D eigenvalue weighted by atomic mass is 9.77. The first-order chi connectivity index (χ1) is 21.4. The summed E-state index contributed by atoms with van der Waals surface area (Å²) in [4.78, 5) is 20.1. The number of benzene rings is 2. The molecule has 5 rings (SSSR count). The van der Waals surface area contributed by atoms with Gasteiger partial charge in [0.2, 0.25) is 0 Å². The summed E-state index contributed by atoms with van der Waals surface area (Å²) in [6.07, 6.45) is 0. The number of anilines is 2. The molecule has 14 nitrogen and oxygen atoms in total. The molecule has 0 bridgehead atoms. The van der Waals surface area contributed by atoms with Crippen molar-refractivity contribution in [3.05, 3.63) is 84.0 Å². The molecule has 4 N–H and O–H groups in total. The van der Waals surface area contributed by atoms with E-state index in [0.717, 1.165) is 22.5 Å². The number of halogens is 1. The second-order valence-electron chi connectivity index (χ2n) is 11.0. The number of aryl methyl sites for hydroxylation is 4. The molecule has 0 amide bonds. The largest absolute Gasteiger partial charge is 0.500 e. The van der Waals surface area contributed by atoms with Gasteiger partial charge >= 0.3 is 7.12 Å². The Balaban J connectivity index is 0.000000239. The molecule has 0 atom stereocenters. The van der Waals surface area contributed by atoms with Crippen LogP contribution in [0.1, 0.15) is 64.5 Å². The molecule has 0 radical (unpaired) electrons. The second-order valence-corrected chi connectivity index (χ2v) is 11.9. The van der Waals surface area contributed by atoms with Crippen LogP contribution in [-0.4, -0.2) is 38.5 Å². The topological polar surface area (TPSA) is 209 Å². The summed E-state index contributed by atoms with van der Waals surface area (Å²) in [7, 11) is -0.378. The molecule has 46 heavy (non-hydrogen) atoms. The molecule has 0 unspecified atom stereocenters.